The summed E-state index contributed by atoms with van der Waals surface area (Å²) < 4.78 is 14.1. The monoisotopic (exact) mass is 1460 g/mol. The van der Waals surface area contributed by atoms with Gasteiger partial charge >= 0.3 is 0 Å². The Morgan fingerprint density at radius 2 is 0.617 bits per heavy atom. The van der Waals surface area contributed by atoms with Gasteiger partial charge in [0.2, 0.25) is 0 Å². The normalized spacial score (nSPS) is 13.6. The molecule has 2 aliphatic heterocycles. The van der Waals surface area contributed by atoms with Gasteiger partial charge in [-0.2, -0.15) is 0 Å². The molecule has 24 rings (SSSR count). The lowest BCUT2D eigenvalue weighted by Crippen LogP contribution is -2.32. The minimum absolute atomic E-state index is 0.554. The number of nitrogens with zero attached hydrogens (tertiary/aromatic N) is 4. The maximum atomic E-state index is 7.27. The van der Waals surface area contributed by atoms with E-state index in [1.807, 2.05) is 12.1 Å². The second-order valence-electron chi connectivity index (χ2n) is 31.0. The first-order chi connectivity index (χ1) is 56.9. The summed E-state index contributed by atoms with van der Waals surface area (Å²) in [5.41, 5.74) is 31.9. The Bertz CT molecular complexity index is 7280. The fourth-order valence-electron chi connectivity index (χ4n) is 19.6. The van der Waals surface area contributed by atoms with Crippen LogP contribution in [0.4, 0.5) is 0 Å². The summed E-state index contributed by atoms with van der Waals surface area (Å²) in [6.07, 6.45) is 5.45. The number of hydrogen-bond acceptors (Lipinski definition) is 6. The topological polar surface area (TPSA) is 70.0 Å². The Morgan fingerprint density at radius 1 is 0.226 bits per heavy atom. The van der Waals surface area contributed by atoms with E-state index in [0.29, 0.717) is 11.6 Å². The zero-order valence-electron chi connectivity index (χ0n) is 62.3. The van der Waals surface area contributed by atoms with Crippen molar-refractivity contribution in [3.63, 3.8) is 0 Å². The first-order valence-corrected chi connectivity index (χ1v) is 39.5. The van der Waals surface area contributed by atoms with Gasteiger partial charge in [0.25, 0.3) is 0 Å². The van der Waals surface area contributed by atoms with Gasteiger partial charge in [-0.15, -0.1) is 0 Å². The summed E-state index contributed by atoms with van der Waals surface area (Å²) in [6, 6.07) is 136. The third kappa shape index (κ3) is 9.95. The molecular formula is C109H66N4O2. The average Bonchev–Trinajstić information content (AvgIpc) is 1.54. The smallest absolute Gasteiger partial charge is 0.160 e. The minimum atomic E-state index is -0.674. The van der Waals surface area contributed by atoms with Crippen molar-refractivity contribution in [2.24, 2.45) is 0 Å². The van der Waals surface area contributed by atoms with E-state index in [4.69, 9.17) is 29.4 Å². The van der Waals surface area contributed by atoms with Crippen molar-refractivity contribution >= 4 is 38.4 Å². The Kier molecular flexibility index (Phi) is 14.2. The SMILES string of the molecule is C1=Cc2cc(-c3cc(-c4ccccc4)nc(-c4ccc(-c5ccc6c(c5)C5(c7ccc(-c8ccc9c(ccc%10cc(-c%11cc(-c%12ccccc%12)nc(-c%12ccc(-c%13ccc%14c(c%13)C%13(c%15ccccc%15O%14)c%14ccccc%14-c%14ccccc%14%13)cc%12)n%11)ccc%109)c8)cc7O6)c6ccccc6-c6ccccc65)cc4)n3)cc3cccc(c23)C1. The van der Waals surface area contributed by atoms with Crippen LogP contribution in [0, 0.1) is 0 Å². The van der Waals surface area contributed by atoms with Crippen LogP contribution in [0.1, 0.15) is 55.6 Å². The molecule has 17 aromatic carbocycles. The van der Waals surface area contributed by atoms with E-state index in [1.54, 1.807) is 0 Å². The van der Waals surface area contributed by atoms with Gasteiger partial charge in [-0.25, -0.2) is 19.9 Å². The predicted octanol–water partition coefficient (Wildman–Crippen LogP) is 27.2. The van der Waals surface area contributed by atoms with Gasteiger partial charge in [0.05, 0.1) is 33.6 Å². The molecule has 0 fully saturated rings. The van der Waals surface area contributed by atoms with E-state index in [0.717, 1.165) is 152 Å². The van der Waals surface area contributed by atoms with E-state index < -0.39 is 10.8 Å². The molecule has 0 radical (unpaired) electrons. The quantitative estimate of drug-likeness (QED) is 0.134. The summed E-state index contributed by atoms with van der Waals surface area (Å²) in [5.74, 6) is 4.75. The van der Waals surface area contributed by atoms with E-state index >= 15 is 0 Å². The van der Waals surface area contributed by atoms with Crippen molar-refractivity contribution < 1.29 is 9.47 Å². The van der Waals surface area contributed by atoms with Crippen molar-refractivity contribution in [2.45, 2.75) is 17.3 Å². The van der Waals surface area contributed by atoms with Gasteiger partial charge in [-0.1, -0.05) is 315 Å². The van der Waals surface area contributed by atoms with Gasteiger partial charge in [0, 0.05) is 55.6 Å². The highest BCUT2D eigenvalue weighted by Gasteiger charge is 2.53. The first-order valence-electron chi connectivity index (χ1n) is 39.5. The molecule has 0 atom stereocenters. The number of allylic oxidation sites excluding steroid dienone is 1. The number of benzene rings is 17. The van der Waals surface area contributed by atoms with E-state index in [-0.39, 0.29) is 0 Å². The van der Waals surface area contributed by atoms with E-state index in [2.05, 4.69) is 376 Å². The van der Waals surface area contributed by atoms with Crippen molar-refractivity contribution in [3.8, 4) is 146 Å². The molecule has 0 bridgehead atoms. The van der Waals surface area contributed by atoms with Crippen molar-refractivity contribution in [2.75, 3.05) is 0 Å². The Labute approximate surface area is 665 Å². The molecule has 0 saturated heterocycles. The van der Waals surface area contributed by atoms with Crippen LogP contribution in [0.25, 0.3) is 162 Å². The summed E-state index contributed by atoms with van der Waals surface area (Å²) in [6.45, 7) is 0. The lowest BCUT2D eigenvalue weighted by molar-refractivity contribution is 0.436. The van der Waals surface area contributed by atoms with Crippen LogP contribution in [0.3, 0.4) is 0 Å². The molecule has 115 heavy (non-hydrogen) atoms. The molecule has 4 heterocycles. The predicted molar refractivity (Wildman–Crippen MR) is 467 cm³/mol. The number of para-hydroxylation sites is 1. The first kappa shape index (κ1) is 64.8. The van der Waals surface area contributed by atoms with Crippen LogP contribution in [-0.4, -0.2) is 19.9 Å². The molecule has 0 unspecified atom stereocenters. The molecule has 0 saturated carbocycles. The fourth-order valence-corrected chi connectivity index (χ4v) is 19.6. The molecule has 0 N–H and O–H groups in total. The molecule has 6 heteroatoms. The second kappa shape index (κ2) is 25.3. The summed E-state index contributed by atoms with van der Waals surface area (Å²) in [7, 11) is 0. The Balaban J connectivity index is 0.548. The van der Waals surface area contributed by atoms with Gasteiger partial charge in [-0.05, 0) is 201 Å². The van der Waals surface area contributed by atoms with Crippen LogP contribution in [-0.2, 0) is 17.3 Å². The molecule has 5 aliphatic rings. The number of aromatic nitrogens is 4. The standard InChI is InChI=1S/C109H66N4O2/c1-3-19-68(20-4-1)97-64-99(112-106(110-97)71-41-37-66(38-42-71)74-50-55-102-95(61-74)108(93-35-15-16-36-101(93)114-102)89-31-11-7-27-85(89)86-28-8-12-32-90(86)108)79-48-53-84-78(58-79)46-45-77-57-73(47-52-83(77)84)76-49-54-94-104(63-76)115-103-56-51-75(62-96(103)109(94)91-33-13-9-29-87(91)88-30-10-14-34-92(88)109)67-39-43-72(44-40-67)107-111-98(69-21-5-2-6-22-69)65-100(113-107)82-59-80-25-17-23-70-24-18-26-81(60-82)105(70)80/h1-23,25-65H,24H2. The van der Waals surface area contributed by atoms with Crippen LogP contribution in [0.5, 0.6) is 23.0 Å². The van der Waals surface area contributed by atoms with Gasteiger partial charge in [-0.3, -0.25) is 0 Å². The third-order valence-electron chi connectivity index (χ3n) is 24.8. The zero-order valence-corrected chi connectivity index (χ0v) is 62.3. The number of hydrogen-bond donors (Lipinski definition) is 0. The highest BCUT2D eigenvalue weighted by atomic mass is 16.5. The molecule has 2 aromatic heterocycles. The van der Waals surface area contributed by atoms with E-state index in [1.165, 1.54) is 77.2 Å². The van der Waals surface area contributed by atoms with Crippen LogP contribution in [0.2, 0.25) is 0 Å². The number of rotatable bonds is 9. The fraction of sp³-hybridized carbons (Fsp3) is 0.0275. The minimum Gasteiger partial charge on any atom is -0.457 e. The highest BCUT2D eigenvalue weighted by molar-refractivity contribution is 6.10. The number of fused-ring (bicyclic) bond motifs is 21. The van der Waals surface area contributed by atoms with Gasteiger partial charge in [0.1, 0.15) is 23.0 Å². The van der Waals surface area contributed by atoms with E-state index in [9.17, 15) is 0 Å². The number of ether oxygens (including phenoxy) is 2. The van der Waals surface area contributed by atoms with Gasteiger partial charge < -0.3 is 9.47 Å². The molecule has 3 aliphatic carbocycles. The zero-order chi connectivity index (χ0) is 75.5. The molecule has 2 spiro atoms. The lowest BCUT2D eigenvalue weighted by atomic mass is 9.65. The van der Waals surface area contributed by atoms with Gasteiger partial charge in [0.15, 0.2) is 11.6 Å². The lowest BCUT2D eigenvalue weighted by Gasteiger charge is -2.40. The Morgan fingerprint density at radius 3 is 1.17 bits per heavy atom. The Hall–Kier alpha value is -15.0. The molecule has 19 aromatic rings. The van der Waals surface area contributed by atoms with Crippen molar-refractivity contribution in [1.82, 2.24) is 19.9 Å². The maximum absolute atomic E-state index is 7.27. The molecule has 0 amide bonds. The van der Waals surface area contributed by atoms with Crippen molar-refractivity contribution in [1.29, 1.82) is 0 Å². The maximum Gasteiger partial charge on any atom is 0.160 e. The molecule has 6 nitrogen and oxygen atoms in total. The molecular weight excluding hydrogens is 1400 g/mol. The average molecular weight is 1460 g/mol. The third-order valence-corrected chi connectivity index (χ3v) is 24.8. The van der Waals surface area contributed by atoms with Crippen LogP contribution in [0.15, 0.2) is 382 Å². The summed E-state index contributed by atoms with van der Waals surface area (Å²) in [5, 5.41) is 7.17. The highest BCUT2D eigenvalue weighted by Crippen LogP contribution is 2.65. The van der Waals surface area contributed by atoms with Crippen molar-refractivity contribution in [3.05, 3.63) is 438 Å². The van der Waals surface area contributed by atoms with Crippen LogP contribution < -0.4 is 9.47 Å². The molecule has 534 valence electrons. The largest absolute Gasteiger partial charge is 0.457 e. The second-order valence-corrected chi connectivity index (χ2v) is 31.0. The summed E-state index contributed by atoms with van der Waals surface area (Å²) in [4.78, 5) is 21.3. The van der Waals surface area contributed by atoms with Crippen LogP contribution >= 0.6 is 0 Å². The summed E-state index contributed by atoms with van der Waals surface area (Å²) >= 11 is 0.